The maximum atomic E-state index is 10.9. The Balaban J connectivity index is 2.95. The molecule has 76 valence electrons. The van der Waals surface area contributed by atoms with Gasteiger partial charge in [-0.25, -0.2) is 13.6 Å². The van der Waals surface area contributed by atoms with Gasteiger partial charge >= 0.3 is 0 Å². The van der Waals surface area contributed by atoms with Gasteiger partial charge in [-0.2, -0.15) is 0 Å². The van der Waals surface area contributed by atoms with Gasteiger partial charge in [0.15, 0.2) is 0 Å². The first-order valence-corrected chi connectivity index (χ1v) is 5.55. The van der Waals surface area contributed by atoms with E-state index in [-0.39, 0.29) is 10.7 Å². The second-order valence-electron chi connectivity index (χ2n) is 3.07. The van der Waals surface area contributed by atoms with Gasteiger partial charge in [-0.1, -0.05) is 12.1 Å². The van der Waals surface area contributed by atoms with E-state index in [0.717, 1.165) is 5.56 Å². The van der Waals surface area contributed by atoms with E-state index in [2.05, 4.69) is 0 Å². The van der Waals surface area contributed by atoms with E-state index < -0.39 is 10.0 Å². The van der Waals surface area contributed by atoms with Crippen molar-refractivity contribution in [2.45, 2.75) is 18.2 Å². The van der Waals surface area contributed by atoms with E-state index in [1.807, 2.05) is 0 Å². The highest BCUT2D eigenvalue weighted by Gasteiger charge is 2.06. The maximum Gasteiger partial charge on any atom is 0.238 e. The summed E-state index contributed by atoms with van der Waals surface area (Å²) in [5, 5.41) is 4.91. The Morgan fingerprint density at radius 2 is 1.79 bits per heavy atom. The topological polar surface area (TPSA) is 77.2 Å². The number of sulfonamides is 1. The Bertz CT molecular complexity index is 434. The lowest BCUT2D eigenvalue weighted by atomic mass is 10.1. The largest absolute Gasteiger partial charge is 0.300 e. The molecule has 2 N–H and O–H groups in total. The van der Waals surface area contributed by atoms with Gasteiger partial charge in [0.05, 0.1) is 4.90 Å². The van der Waals surface area contributed by atoms with Crippen LogP contribution >= 0.6 is 0 Å². The fourth-order valence-electron chi connectivity index (χ4n) is 1.08. The molecule has 0 aromatic heterocycles. The smallest absolute Gasteiger partial charge is 0.238 e. The highest BCUT2D eigenvalue weighted by Crippen LogP contribution is 2.09. The molecule has 0 saturated heterocycles. The Labute approximate surface area is 82.8 Å². The van der Waals surface area contributed by atoms with Crippen LogP contribution < -0.4 is 5.14 Å². The van der Waals surface area contributed by atoms with E-state index in [0.29, 0.717) is 6.42 Å². The lowest BCUT2D eigenvalue weighted by molar-refractivity contribution is -0.116. The predicted octanol–water partition coefficient (Wildman–Crippen LogP) is 0.465. The normalized spacial score (nSPS) is 11.3. The van der Waals surface area contributed by atoms with Gasteiger partial charge in [0.25, 0.3) is 0 Å². The van der Waals surface area contributed by atoms with Crippen molar-refractivity contribution >= 4 is 15.8 Å². The SMILES string of the molecule is CC(=O)Cc1ccc(S(N)(=O)=O)cc1. The summed E-state index contributed by atoms with van der Waals surface area (Å²) in [5.74, 6) is 0.0355. The zero-order valence-electron chi connectivity index (χ0n) is 7.73. The number of carbonyl (C=O) groups excluding carboxylic acids is 1. The summed E-state index contributed by atoms with van der Waals surface area (Å²) < 4.78 is 21.8. The van der Waals surface area contributed by atoms with Gasteiger partial charge < -0.3 is 0 Å². The first kappa shape index (κ1) is 10.9. The lowest BCUT2D eigenvalue weighted by Gasteiger charge is -2.00. The summed E-state index contributed by atoms with van der Waals surface area (Å²) in [5.41, 5.74) is 0.782. The molecule has 14 heavy (non-hydrogen) atoms. The predicted molar refractivity (Wildman–Crippen MR) is 52.2 cm³/mol. The van der Waals surface area contributed by atoms with E-state index in [4.69, 9.17) is 5.14 Å². The molecule has 5 heteroatoms. The van der Waals surface area contributed by atoms with Crippen molar-refractivity contribution in [3.8, 4) is 0 Å². The number of hydrogen-bond acceptors (Lipinski definition) is 3. The first-order valence-electron chi connectivity index (χ1n) is 4.01. The average Bonchev–Trinajstić information content (AvgIpc) is 2.02. The second kappa shape index (κ2) is 3.89. The van der Waals surface area contributed by atoms with Crippen molar-refractivity contribution < 1.29 is 13.2 Å². The second-order valence-corrected chi connectivity index (χ2v) is 4.63. The summed E-state index contributed by atoms with van der Waals surface area (Å²) in [7, 11) is -3.63. The van der Waals surface area contributed by atoms with Crippen molar-refractivity contribution in [2.75, 3.05) is 0 Å². The van der Waals surface area contributed by atoms with Crippen LogP contribution in [0, 0.1) is 0 Å². The number of carbonyl (C=O) groups is 1. The van der Waals surface area contributed by atoms with Crippen molar-refractivity contribution in [1.29, 1.82) is 0 Å². The van der Waals surface area contributed by atoms with Crippen LogP contribution in [0.3, 0.4) is 0 Å². The molecule has 0 unspecified atom stereocenters. The molecule has 1 aromatic carbocycles. The molecule has 0 bridgehead atoms. The van der Waals surface area contributed by atoms with Gasteiger partial charge in [0.1, 0.15) is 5.78 Å². The van der Waals surface area contributed by atoms with E-state index in [1.165, 1.54) is 19.1 Å². The molecule has 1 aromatic rings. The number of hydrogen-bond donors (Lipinski definition) is 1. The Kier molecular flexibility index (Phi) is 3.03. The Hall–Kier alpha value is -1.20. The lowest BCUT2D eigenvalue weighted by Crippen LogP contribution is -2.12. The number of primary sulfonamides is 1. The van der Waals surface area contributed by atoms with E-state index >= 15 is 0 Å². The minimum Gasteiger partial charge on any atom is -0.300 e. The van der Waals surface area contributed by atoms with E-state index in [1.54, 1.807) is 12.1 Å². The highest BCUT2D eigenvalue weighted by molar-refractivity contribution is 7.89. The molecule has 0 fully saturated rings. The van der Waals surface area contributed by atoms with Crippen LogP contribution in [-0.2, 0) is 21.2 Å². The molecule has 0 radical (unpaired) electrons. The summed E-state index contributed by atoms with van der Waals surface area (Å²) in [6.07, 6.45) is 0.310. The fourth-order valence-corrected chi connectivity index (χ4v) is 1.60. The summed E-state index contributed by atoms with van der Waals surface area (Å²) in [6, 6.07) is 5.96. The molecule has 4 nitrogen and oxygen atoms in total. The zero-order valence-corrected chi connectivity index (χ0v) is 8.54. The molecule has 0 aliphatic heterocycles. The van der Waals surface area contributed by atoms with Crippen LogP contribution in [0.2, 0.25) is 0 Å². The molecule has 0 amide bonds. The van der Waals surface area contributed by atoms with Gasteiger partial charge in [0.2, 0.25) is 10.0 Å². The third-order valence-electron chi connectivity index (χ3n) is 1.70. The monoisotopic (exact) mass is 213 g/mol. The third-order valence-corrected chi connectivity index (χ3v) is 2.63. The third kappa shape index (κ3) is 2.93. The van der Waals surface area contributed by atoms with Crippen LogP contribution in [0.4, 0.5) is 0 Å². The minimum atomic E-state index is -3.63. The number of Topliss-reactive ketones (excluding diaryl/α,β-unsaturated/α-hetero) is 1. The molecular weight excluding hydrogens is 202 g/mol. The fraction of sp³-hybridized carbons (Fsp3) is 0.222. The molecule has 0 heterocycles. The van der Waals surface area contributed by atoms with Crippen LogP contribution in [0.1, 0.15) is 12.5 Å². The molecular formula is C9H11NO3S. The minimum absolute atomic E-state index is 0.0355. The maximum absolute atomic E-state index is 10.9. The van der Waals surface area contributed by atoms with Crippen molar-refractivity contribution in [3.05, 3.63) is 29.8 Å². The van der Waals surface area contributed by atoms with Crippen LogP contribution in [0.25, 0.3) is 0 Å². The summed E-state index contributed by atoms with van der Waals surface area (Å²) in [4.78, 5) is 10.8. The van der Waals surface area contributed by atoms with Crippen molar-refractivity contribution in [1.82, 2.24) is 0 Å². The van der Waals surface area contributed by atoms with Gasteiger partial charge in [-0.05, 0) is 24.6 Å². The molecule has 0 aliphatic rings. The standard InChI is InChI=1S/C9H11NO3S/c1-7(11)6-8-2-4-9(5-3-8)14(10,12)13/h2-5H,6H2,1H3,(H2,10,12,13). The quantitative estimate of drug-likeness (QED) is 0.792. The number of nitrogens with two attached hydrogens (primary N) is 1. The number of rotatable bonds is 3. The van der Waals surface area contributed by atoms with Gasteiger partial charge in [-0.3, -0.25) is 4.79 Å². The molecule has 0 aliphatic carbocycles. The van der Waals surface area contributed by atoms with Gasteiger partial charge in [-0.15, -0.1) is 0 Å². The van der Waals surface area contributed by atoms with Crippen LogP contribution in [0.15, 0.2) is 29.2 Å². The zero-order chi connectivity index (χ0) is 10.8. The molecule has 0 atom stereocenters. The van der Waals surface area contributed by atoms with Crippen LogP contribution in [-0.4, -0.2) is 14.2 Å². The Morgan fingerprint density at radius 1 is 1.29 bits per heavy atom. The number of benzene rings is 1. The average molecular weight is 213 g/mol. The van der Waals surface area contributed by atoms with E-state index in [9.17, 15) is 13.2 Å². The molecule has 1 rings (SSSR count). The van der Waals surface area contributed by atoms with Crippen molar-refractivity contribution in [2.24, 2.45) is 5.14 Å². The van der Waals surface area contributed by atoms with Gasteiger partial charge in [0, 0.05) is 6.42 Å². The van der Waals surface area contributed by atoms with Crippen LogP contribution in [0.5, 0.6) is 0 Å². The van der Waals surface area contributed by atoms with Crippen molar-refractivity contribution in [3.63, 3.8) is 0 Å². The first-order chi connectivity index (χ1) is 6.39. The summed E-state index contributed by atoms with van der Waals surface area (Å²) in [6.45, 7) is 1.48. The Morgan fingerprint density at radius 3 is 2.14 bits per heavy atom. The highest BCUT2D eigenvalue weighted by atomic mass is 32.2. The molecule has 0 spiro atoms. The molecule has 0 saturated carbocycles. The number of ketones is 1. The summed E-state index contributed by atoms with van der Waals surface area (Å²) >= 11 is 0.